The van der Waals surface area contributed by atoms with Crippen LogP contribution in [-0.4, -0.2) is 31.1 Å². The van der Waals surface area contributed by atoms with E-state index in [0.717, 1.165) is 0 Å². The summed E-state index contributed by atoms with van der Waals surface area (Å²) in [6.45, 7) is 3.23. The molecule has 0 bridgehead atoms. The van der Waals surface area contributed by atoms with Gasteiger partial charge >= 0.3 is 6.18 Å². The van der Waals surface area contributed by atoms with Gasteiger partial charge in [-0.3, -0.25) is 9.97 Å². The van der Waals surface area contributed by atoms with Gasteiger partial charge < -0.3 is 5.32 Å². The number of anilines is 1. The van der Waals surface area contributed by atoms with Crippen LogP contribution in [-0.2, 0) is 0 Å². The summed E-state index contributed by atoms with van der Waals surface area (Å²) in [5.41, 5.74) is 1.95. The summed E-state index contributed by atoms with van der Waals surface area (Å²) in [5.74, 6) is -0.558. The first-order valence-corrected chi connectivity index (χ1v) is 10.6. The molecule has 35 heavy (non-hydrogen) atoms. The van der Waals surface area contributed by atoms with Gasteiger partial charge in [0.15, 0.2) is 11.9 Å². The Morgan fingerprint density at radius 3 is 2.43 bits per heavy atom. The molecule has 0 spiro atoms. The monoisotopic (exact) mass is 478 g/mol. The van der Waals surface area contributed by atoms with Gasteiger partial charge in [0.25, 0.3) is 0 Å². The Labute approximate surface area is 197 Å². The number of halogens is 4. The van der Waals surface area contributed by atoms with E-state index in [4.69, 9.17) is 0 Å². The number of aromatic nitrogens is 5. The van der Waals surface area contributed by atoms with Crippen LogP contribution in [0.4, 0.5) is 23.4 Å². The molecule has 1 atom stereocenters. The molecule has 5 rings (SSSR count). The molecule has 0 saturated heterocycles. The lowest BCUT2D eigenvalue weighted by Crippen LogP contribution is -2.29. The van der Waals surface area contributed by atoms with Crippen LogP contribution >= 0.6 is 0 Å². The molecule has 176 valence electrons. The number of pyridine rings is 3. The van der Waals surface area contributed by atoms with E-state index < -0.39 is 18.0 Å². The van der Waals surface area contributed by atoms with E-state index in [9.17, 15) is 17.6 Å². The number of benzene rings is 1. The molecular formula is C25H18F4N6. The van der Waals surface area contributed by atoms with Gasteiger partial charge in [-0.25, -0.2) is 19.3 Å². The molecule has 6 nitrogen and oxygen atoms in total. The number of nitrogens with zero attached hydrogens (tertiary/aromatic N) is 5. The summed E-state index contributed by atoms with van der Waals surface area (Å²) >= 11 is 0. The first-order valence-electron chi connectivity index (χ1n) is 10.6. The van der Waals surface area contributed by atoms with Crippen molar-refractivity contribution in [1.29, 1.82) is 0 Å². The second-order valence-corrected chi connectivity index (χ2v) is 8.07. The van der Waals surface area contributed by atoms with E-state index in [-0.39, 0.29) is 28.1 Å². The molecule has 5 aromatic rings. The standard InChI is InChI=1S/C25H18F4N6/c1-13-9-15-10-17(21(34-20(15)11-18(13)26)16-5-3-7-30-14(16)2)23(25(27,28)29)35-24-22-19(32-12-33-24)6-4-8-31-22/h3-12,23H,1-2H3,(H,32,33,35)/t23-/m1/s1. The van der Waals surface area contributed by atoms with Crippen molar-refractivity contribution in [2.24, 2.45) is 0 Å². The maximum Gasteiger partial charge on any atom is 0.412 e. The lowest BCUT2D eigenvalue weighted by molar-refractivity contribution is -0.143. The SMILES string of the molecule is Cc1cc2cc([C@@H](Nc3ncnc4cccnc34)C(F)(F)F)c(-c3cccnc3C)nc2cc1F. The predicted molar refractivity (Wildman–Crippen MR) is 124 cm³/mol. The van der Waals surface area contributed by atoms with E-state index in [1.165, 1.54) is 30.7 Å². The summed E-state index contributed by atoms with van der Waals surface area (Å²) in [6.07, 6.45) is -0.558. The van der Waals surface area contributed by atoms with E-state index in [0.29, 0.717) is 27.7 Å². The van der Waals surface area contributed by atoms with Gasteiger partial charge in [-0.1, -0.05) is 0 Å². The highest BCUT2D eigenvalue weighted by Gasteiger charge is 2.43. The van der Waals surface area contributed by atoms with Gasteiger partial charge in [-0.05, 0) is 55.8 Å². The second kappa shape index (κ2) is 8.53. The number of hydrogen-bond donors (Lipinski definition) is 1. The molecular weight excluding hydrogens is 460 g/mol. The number of aryl methyl sites for hydroxylation is 2. The average molecular weight is 478 g/mol. The maximum absolute atomic E-state index is 14.6. The molecule has 4 heterocycles. The number of rotatable bonds is 4. The van der Waals surface area contributed by atoms with Crippen LogP contribution in [0.1, 0.15) is 22.9 Å². The van der Waals surface area contributed by atoms with Crippen LogP contribution in [0, 0.1) is 19.7 Å². The van der Waals surface area contributed by atoms with Crippen molar-refractivity contribution in [3.05, 3.63) is 83.8 Å². The molecule has 1 aromatic carbocycles. The van der Waals surface area contributed by atoms with Crippen molar-refractivity contribution in [1.82, 2.24) is 24.9 Å². The van der Waals surface area contributed by atoms with Gasteiger partial charge in [-0.2, -0.15) is 13.2 Å². The van der Waals surface area contributed by atoms with Crippen LogP contribution in [0.2, 0.25) is 0 Å². The molecule has 1 N–H and O–H groups in total. The third kappa shape index (κ3) is 4.23. The van der Waals surface area contributed by atoms with Crippen molar-refractivity contribution >= 4 is 27.8 Å². The highest BCUT2D eigenvalue weighted by atomic mass is 19.4. The molecule has 0 fully saturated rings. The molecule has 0 amide bonds. The fourth-order valence-corrected chi connectivity index (χ4v) is 3.97. The summed E-state index contributed by atoms with van der Waals surface area (Å²) < 4.78 is 58.1. The number of alkyl halides is 3. The minimum atomic E-state index is -4.73. The van der Waals surface area contributed by atoms with E-state index in [1.54, 1.807) is 44.3 Å². The summed E-state index contributed by atoms with van der Waals surface area (Å²) in [6, 6.07) is 8.43. The van der Waals surface area contributed by atoms with Crippen molar-refractivity contribution in [3.63, 3.8) is 0 Å². The lowest BCUT2D eigenvalue weighted by atomic mass is 9.96. The maximum atomic E-state index is 14.6. The minimum Gasteiger partial charge on any atom is -0.353 e. The topological polar surface area (TPSA) is 76.5 Å². The van der Waals surface area contributed by atoms with Gasteiger partial charge in [0.2, 0.25) is 0 Å². The van der Waals surface area contributed by atoms with Crippen molar-refractivity contribution in [2.75, 3.05) is 5.32 Å². The Morgan fingerprint density at radius 1 is 0.886 bits per heavy atom. The van der Waals surface area contributed by atoms with Crippen LogP contribution < -0.4 is 5.32 Å². The Balaban J connectivity index is 1.77. The zero-order valence-corrected chi connectivity index (χ0v) is 18.6. The second-order valence-electron chi connectivity index (χ2n) is 8.07. The fraction of sp³-hybridized carbons (Fsp3) is 0.160. The van der Waals surface area contributed by atoms with Gasteiger partial charge in [0, 0.05) is 40.7 Å². The molecule has 10 heteroatoms. The van der Waals surface area contributed by atoms with Crippen LogP contribution in [0.15, 0.2) is 61.2 Å². The number of nitrogens with one attached hydrogen (secondary N) is 1. The van der Waals surface area contributed by atoms with Crippen molar-refractivity contribution in [2.45, 2.75) is 26.1 Å². The number of fused-ring (bicyclic) bond motifs is 2. The van der Waals surface area contributed by atoms with Crippen LogP contribution in [0.3, 0.4) is 0 Å². The highest BCUT2D eigenvalue weighted by molar-refractivity contribution is 5.87. The molecule has 0 aliphatic heterocycles. The van der Waals surface area contributed by atoms with Crippen LogP contribution in [0.5, 0.6) is 0 Å². The molecule has 0 aliphatic rings. The van der Waals surface area contributed by atoms with Gasteiger partial charge in [-0.15, -0.1) is 0 Å². The summed E-state index contributed by atoms with van der Waals surface area (Å²) in [5, 5.41) is 2.91. The first-order chi connectivity index (χ1) is 16.7. The van der Waals surface area contributed by atoms with Crippen molar-refractivity contribution < 1.29 is 17.6 Å². The van der Waals surface area contributed by atoms with E-state index in [2.05, 4.69) is 30.2 Å². The third-order valence-electron chi connectivity index (χ3n) is 5.70. The Hall–Kier alpha value is -4.21. The first kappa shape index (κ1) is 22.6. The normalized spacial score (nSPS) is 12.7. The van der Waals surface area contributed by atoms with E-state index >= 15 is 0 Å². The lowest BCUT2D eigenvalue weighted by Gasteiger charge is -2.25. The van der Waals surface area contributed by atoms with Gasteiger partial charge in [0.1, 0.15) is 17.7 Å². The fourth-order valence-electron chi connectivity index (χ4n) is 3.97. The molecule has 0 aliphatic carbocycles. The van der Waals surface area contributed by atoms with Crippen molar-refractivity contribution in [3.8, 4) is 11.3 Å². The Bertz CT molecular complexity index is 1560. The quantitative estimate of drug-likeness (QED) is 0.314. The van der Waals surface area contributed by atoms with E-state index in [1.807, 2.05) is 0 Å². The Morgan fingerprint density at radius 2 is 1.66 bits per heavy atom. The smallest absolute Gasteiger partial charge is 0.353 e. The zero-order chi connectivity index (χ0) is 24.7. The van der Waals surface area contributed by atoms with Gasteiger partial charge in [0.05, 0.1) is 16.7 Å². The number of hydrogen-bond acceptors (Lipinski definition) is 6. The summed E-state index contributed by atoms with van der Waals surface area (Å²) in [4.78, 5) is 20.9. The molecule has 0 saturated carbocycles. The minimum absolute atomic E-state index is 0.0486. The molecule has 0 unspecified atom stereocenters. The largest absolute Gasteiger partial charge is 0.412 e. The predicted octanol–water partition coefficient (Wildman–Crippen LogP) is 6.11. The van der Waals surface area contributed by atoms with Crippen LogP contribution in [0.25, 0.3) is 33.2 Å². The Kier molecular flexibility index (Phi) is 5.50. The average Bonchev–Trinajstić information content (AvgIpc) is 2.82. The summed E-state index contributed by atoms with van der Waals surface area (Å²) in [7, 11) is 0. The third-order valence-corrected chi connectivity index (χ3v) is 5.70. The zero-order valence-electron chi connectivity index (χ0n) is 18.6. The highest BCUT2D eigenvalue weighted by Crippen LogP contribution is 2.41. The molecule has 0 radical (unpaired) electrons. The molecule has 4 aromatic heterocycles.